The van der Waals surface area contributed by atoms with Gasteiger partial charge in [-0.2, -0.15) is 13.2 Å². The first-order valence-corrected chi connectivity index (χ1v) is 10.6. The summed E-state index contributed by atoms with van der Waals surface area (Å²) >= 11 is 0. The monoisotopic (exact) mass is 470 g/mol. The number of benzene rings is 2. The number of halogens is 3. The Kier molecular flexibility index (Phi) is 6.23. The second-order valence-corrected chi connectivity index (χ2v) is 8.04. The molecule has 1 atom stereocenters. The maximum atomic E-state index is 13.0. The van der Waals surface area contributed by atoms with Crippen molar-refractivity contribution in [2.75, 3.05) is 6.54 Å². The SMILES string of the molecule is N=C/C(=C(\NCC(F)(F)F)c1ccccc1)c1ccc2c(c1)CN(C1CCC(=O)NC1=O)C2=O. The van der Waals surface area contributed by atoms with E-state index in [0.717, 1.165) is 6.21 Å². The fourth-order valence-corrected chi connectivity index (χ4v) is 4.19. The number of nitrogens with zero attached hydrogens (tertiary/aromatic N) is 1. The van der Waals surface area contributed by atoms with Crippen molar-refractivity contribution in [1.29, 1.82) is 5.41 Å². The van der Waals surface area contributed by atoms with E-state index in [1.807, 2.05) is 0 Å². The van der Waals surface area contributed by atoms with Gasteiger partial charge < -0.3 is 15.6 Å². The topological polar surface area (TPSA) is 102 Å². The van der Waals surface area contributed by atoms with Gasteiger partial charge in [-0.15, -0.1) is 0 Å². The molecule has 1 unspecified atom stereocenters. The predicted octanol–water partition coefficient (Wildman–Crippen LogP) is 3.12. The first kappa shape index (κ1) is 23.2. The van der Waals surface area contributed by atoms with Gasteiger partial charge in [-0.3, -0.25) is 19.7 Å². The Balaban J connectivity index is 1.70. The number of alkyl halides is 3. The average molecular weight is 470 g/mol. The van der Waals surface area contributed by atoms with Crippen molar-refractivity contribution in [2.24, 2.45) is 0 Å². The Labute approximate surface area is 193 Å². The first-order valence-electron chi connectivity index (χ1n) is 10.6. The van der Waals surface area contributed by atoms with Crippen LogP contribution in [-0.4, -0.2) is 47.6 Å². The number of hydrogen-bond acceptors (Lipinski definition) is 5. The van der Waals surface area contributed by atoms with Crippen LogP contribution >= 0.6 is 0 Å². The Hall–Kier alpha value is -3.95. The standard InChI is InChI=1S/C24H21F3N4O3/c25-24(26,27)13-29-21(14-4-2-1-3-5-14)18(11-28)15-6-7-17-16(10-15)12-31(23(17)34)19-8-9-20(32)30-22(19)33/h1-7,10-11,19,28-29H,8-9,12-13H2,(H,30,32,33)/b21-18+,28-11?. The van der Waals surface area contributed by atoms with E-state index in [1.54, 1.807) is 48.5 Å². The van der Waals surface area contributed by atoms with E-state index in [-0.39, 0.29) is 42.5 Å². The fourth-order valence-electron chi connectivity index (χ4n) is 4.19. The Morgan fingerprint density at radius 1 is 1.12 bits per heavy atom. The van der Waals surface area contributed by atoms with Crippen LogP contribution in [0.3, 0.4) is 0 Å². The lowest BCUT2D eigenvalue weighted by Crippen LogP contribution is -2.52. The normalized spacial score (nSPS) is 18.9. The lowest BCUT2D eigenvalue weighted by atomic mass is 9.97. The van der Waals surface area contributed by atoms with E-state index in [2.05, 4.69) is 10.6 Å². The van der Waals surface area contributed by atoms with Gasteiger partial charge in [-0.05, 0) is 35.2 Å². The molecule has 0 aromatic heterocycles. The van der Waals surface area contributed by atoms with Gasteiger partial charge in [0.05, 0.1) is 5.70 Å². The molecule has 10 heteroatoms. The Morgan fingerprint density at radius 3 is 2.50 bits per heavy atom. The highest BCUT2D eigenvalue weighted by Crippen LogP contribution is 2.31. The van der Waals surface area contributed by atoms with E-state index >= 15 is 0 Å². The summed E-state index contributed by atoms with van der Waals surface area (Å²) < 4.78 is 38.9. The van der Waals surface area contributed by atoms with Crippen molar-refractivity contribution >= 4 is 35.2 Å². The minimum absolute atomic E-state index is 0.121. The van der Waals surface area contributed by atoms with Crippen LogP contribution in [0.25, 0.3) is 11.3 Å². The molecule has 2 aromatic rings. The van der Waals surface area contributed by atoms with E-state index in [4.69, 9.17) is 5.41 Å². The van der Waals surface area contributed by atoms with Crippen LogP contribution in [0.1, 0.15) is 39.9 Å². The molecule has 0 saturated carbocycles. The van der Waals surface area contributed by atoms with Crippen LogP contribution < -0.4 is 10.6 Å². The molecule has 0 spiro atoms. The summed E-state index contributed by atoms with van der Waals surface area (Å²) in [5.74, 6) is -1.26. The number of amides is 3. The maximum Gasteiger partial charge on any atom is 0.405 e. The number of allylic oxidation sites excluding steroid dienone is 1. The number of piperidine rings is 1. The summed E-state index contributed by atoms with van der Waals surface area (Å²) in [6.45, 7) is -1.16. The Bertz CT molecular complexity index is 1190. The molecule has 0 radical (unpaired) electrons. The Morgan fingerprint density at radius 2 is 1.85 bits per heavy atom. The number of hydrogen-bond donors (Lipinski definition) is 3. The smallest absolute Gasteiger partial charge is 0.375 e. The van der Waals surface area contributed by atoms with Gasteiger partial charge in [-0.25, -0.2) is 0 Å². The lowest BCUT2D eigenvalue weighted by molar-refractivity contribution is -0.137. The molecule has 7 nitrogen and oxygen atoms in total. The maximum absolute atomic E-state index is 13.0. The molecule has 2 heterocycles. The molecule has 3 amide bonds. The van der Waals surface area contributed by atoms with Gasteiger partial charge in [0.2, 0.25) is 11.8 Å². The highest BCUT2D eigenvalue weighted by atomic mass is 19.4. The van der Waals surface area contributed by atoms with E-state index in [9.17, 15) is 27.6 Å². The van der Waals surface area contributed by atoms with Crippen molar-refractivity contribution in [3.8, 4) is 0 Å². The third-order valence-corrected chi connectivity index (χ3v) is 5.78. The molecule has 4 rings (SSSR count). The van der Waals surface area contributed by atoms with Crippen molar-refractivity contribution < 1.29 is 27.6 Å². The highest BCUT2D eigenvalue weighted by Gasteiger charge is 2.39. The minimum Gasteiger partial charge on any atom is -0.375 e. The van der Waals surface area contributed by atoms with Gasteiger partial charge in [0, 0.05) is 30.3 Å². The summed E-state index contributed by atoms with van der Waals surface area (Å²) in [6.07, 6.45) is -3.13. The van der Waals surface area contributed by atoms with Crippen LogP contribution in [0.15, 0.2) is 48.5 Å². The zero-order chi connectivity index (χ0) is 24.5. The summed E-state index contributed by atoms with van der Waals surface area (Å²) in [5.41, 5.74) is 2.27. The second-order valence-electron chi connectivity index (χ2n) is 8.04. The van der Waals surface area contributed by atoms with E-state index in [1.165, 1.54) is 4.90 Å². The van der Waals surface area contributed by atoms with Crippen molar-refractivity contribution in [3.63, 3.8) is 0 Å². The van der Waals surface area contributed by atoms with Crippen LogP contribution in [0, 0.1) is 5.41 Å². The third kappa shape index (κ3) is 4.70. The van der Waals surface area contributed by atoms with Crippen LogP contribution in [0.5, 0.6) is 0 Å². The van der Waals surface area contributed by atoms with Gasteiger partial charge in [0.15, 0.2) is 0 Å². The van der Waals surface area contributed by atoms with Crippen LogP contribution in [-0.2, 0) is 16.1 Å². The zero-order valence-electron chi connectivity index (χ0n) is 17.9. The fraction of sp³-hybridized carbons (Fsp3) is 0.250. The molecule has 0 bridgehead atoms. The second kappa shape index (κ2) is 9.12. The summed E-state index contributed by atoms with van der Waals surface area (Å²) in [4.78, 5) is 38.0. The first-order chi connectivity index (χ1) is 16.2. The van der Waals surface area contributed by atoms with Gasteiger partial charge >= 0.3 is 6.18 Å². The molecule has 1 fully saturated rings. The lowest BCUT2D eigenvalue weighted by Gasteiger charge is -2.29. The predicted molar refractivity (Wildman–Crippen MR) is 119 cm³/mol. The molecular formula is C24H21F3N4O3. The summed E-state index contributed by atoms with van der Waals surface area (Å²) in [6, 6.07) is 12.4. The van der Waals surface area contributed by atoms with E-state index < -0.39 is 24.7 Å². The zero-order valence-corrected chi connectivity index (χ0v) is 17.9. The molecular weight excluding hydrogens is 449 g/mol. The number of fused-ring (bicyclic) bond motifs is 1. The molecule has 0 aliphatic carbocycles. The van der Waals surface area contributed by atoms with Crippen molar-refractivity contribution in [2.45, 2.75) is 31.6 Å². The molecule has 1 saturated heterocycles. The molecule has 2 aliphatic heterocycles. The number of carbonyl (C=O) groups is 3. The minimum atomic E-state index is -4.46. The average Bonchev–Trinajstić information content (AvgIpc) is 3.12. The molecule has 34 heavy (non-hydrogen) atoms. The number of nitrogens with one attached hydrogen (secondary N) is 3. The molecule has 3 N–H and O–H groups in total. The quantitative estimate of drug-likeness (QED) is 0.343. The number of rotatable bonds is 6. The highest BCUT2D eigenvalue weighted by molar-refractivity contribution is 6.18. The van der Waals surface area contributed by atoms with Gasteiger partial charge in [0.25, 0.3) is 5.91 Å². The van der Waals surface area contributed by atoms with Crippen molar-refractivity contribution in [1.82, 2.24) is 15.5 Å². The third-order valence-electron chi connectivity index (χ3n) is 5.78. The van der Waals surface area contributed by atoms with Crippen molar-refractivity contribution in [3.05, 3.63) is 70.8 Å². The van der Waals surface area contributed by atoms with E-state index in [0.29, 0.717) is 22.3 Å². The van der Waals surface area contributed by atoms with Gasteiger partial charge in [0.1, 0.15) is 12.6 Å². The summed E-state index contributed by atoms with van der Waals surface area (Å²) in [5, 5.41) is 12.6. The van der Waals surface area contributed by atoms with Crippen LogP contribution in [0.2, 0.25) is 0 Å². The van der Waals surface area contributed by atoms with Crippen LogP contribution in [0.4, 0.5) is 13.2 Å². The molecule has 2 aliphatic rings. The summed E-state index contributed by atoms with van der Waals surface area (Å²) in [7, 11) is 0. The molecule has 176 valence electrons. The van der Waals surface area contributed by atoms with Gasteiger partial charge in [-0.1, -0.05) is 36.4 Å². The number of imide groups is 1. The largest absolute Gasteiger partial charge is 0.405 e. The number of carbonyl (C=O) groups excluding carboxylic acids is 3. The molecule has 2 aromatic carbocycles.